The molecule has 0 fully saturated rings. The Bertz CT molecular complexity index is 189. The zero-order valence-corrected chi connectivity index (χ0v) is 8.64. The highest BCUT2D eigenvalue weighted by atomic mass is 31.2. The van der Waals surface area contributed by atoms with Gasteiger partial charge in [0.2, 0.25) is 5.52 Å². The molecule has 12 heavy (non-hydrogen) atoms. The second kappa shape index (κ2) is 5.50. The summed E-state index contributed by atoms with van der Waals surface area (Å²) in [6.07, 6.45) is 2.92. The fourth-order valence-corrected chi connectivity index (χ4v) is 2.34. The van der Waals surface area contributed by atoms with Crippen LogP contribution < -0.4 is 0 Å². The van der Waals surface area contributed by atoms with E-state index in [1.165, 1.54) is 0 Å². The van der Waals surface area contributed by atoms with Crippen LogP contribution in [0, 0.1) is 0 Å². The molecular weight excluding hydrogens is 175 g/mol. The van der Waals surface area contributed by atoms with Crippen molar-refractivity contribution in [3.8, 4) is 0 Å². The van der Waals surface area contributed by atoms with Gasteiger partial charge in [-0.15, -0.1) is 0 Å². The Morgan fingerprint density at radius 1 is 1.33 bits per heavy atom. The molecule has 1 atom stereocenters. The number of hydrogen-bond acceptors (Lipinski definition) is 2. The predicted octanol–water partition coefficient (Wildman–Crippen LogP) is 2.38. The summed E-state index contributed by atoms with van der Waals surface area (Å²) in [5, 5.41) is 0. The average molecular weight is 192 g/mol. The summed E-state index contributed by atoms with van der Waals surface area (Å²) in [5.41, 5.74) is -0.487. The van der Waals surface area contributed by atoms with Crippen molar-refractivity contribution >= 4 is 12.9 Å². The quantitative estimate of drug-likeness (QED) is 0.519. The molecule has 0 saturated carbocycles. The van der Waals surface area contributed by atoms with Gasteiger partial charge in [0.15, 0.2) is 0 Å². The van der Waals surface area contributed by atoms with Crippen LogP contribution in [-0.2, 0) is 9.36 Å². The number of unbranched alkanes of at least 4 members (excludes halogenated alkanes) is 2. The normalized spacial score (nSPS) is 15.6. The van der Waals surface area contributed by atoms with Crippen molar-refractivity contribution in [1.29, 1.82) is 0 Å². The smallest absolute Gasteiger partial charge is 0.264 e. The molecule has 0 radical (unpaired) electrons. The molecule has 0 heterocycles. The lowest BCUT2D eigenvalue weighted by atomic mass is 10.3. The second-order valence-corrected chi connectivity index (χ2v) is 5.23. The molecule has 0 aliphatic rings. The lowest BCUT2D eigenvalue weighted by Crippen LogP contribution is -2.01. The minimum Gasteiger partial charge on any atom is -0.339 e. The van der Waals surface area contributed by atoms with Crippen molar-refractivity contribution in [1.82, 2.24) is 0 Å². The number of rotatable bonds is 6. The predicted molar refractivity (Wildman–Crippen MR) is 49.5 cm³/mol. The molecule has 0 bridgehead atoms. The van der Waals surface area contributed by atoms with Crippen LogP contribution in [0.1, 0.15) is 39.5 Å². The second-order valence-electron chi connectivity index (χ2n) is 2.88. The molecule has 1 N–H and O–H groups in total. The first-order valence-corrected chi connectivity index (χ1v) is 6.24. The van der Waals surface area contributed by atoms with E-state index in [1.807, 2.05) is 6.92 Å². The number of carbonyl (C=O) groups excluding carboxylic acids is 1. The Balaban J connectivity index is 3.88. The van der Waals surface area contributed by atoms with Crippen LogP contribution in [0.15, 0.2) is 0 Å². The third-order valence-electron chi connectivity index (χ3n) is 1.76. The zero-order valence-electron chi connectivity index (χ0n) is 7.75. The first-order chi connectivity index (χ1) is 5.54. The molecule has 0 aliphatic carbocycles. The van der Waals surface area contributed by atoms with Gasteiger partial charge in [0.1, 0.15) is 0 Å². The topological polar surface area (TPSA) is 54.4 Å². The highest BCUT2D eigenvalue weighted by Crippen LogP contribution is 2.43. The van der Waals surface area contributed by atoms with Crippen molar-refractivity contribution in [2.45, 2.75) is 39.5 Å². The summed E-state index contributed by atoms with van der Waals surface area (Å²) in [7, 11) is -3.45. The lowest BCUT2D eigenvalue weighted by Gasteiger charge is -2.07. The molecular formula is C8H17O3P. The Labute approximate surface area is 73.6 Å². The van der Waals surface area contributed by atoms with Gasteiger partial charge in [0.05, 0.1) is 0 Å². The van der Waals surface area contributed by atoms with Crippen LogP contribution in [0.2, 0.25) is 0 Å². The van der Waals surface area contributed by atoms with E-state index in [0.717, 1.165) is 12.8 Å². The van der Waals surface area contributed by atoms with Gasteiger partial charge >= 0.3 is 0 Å². The first-order valence-electron chi connectivity index (χ1n) is 4.39. The van der Waals surface area contributed by atoms with Gasteiger partial charge < -0.3 is 4.89 Å². The highest BCUT2D eigenvalue weighted by molar-refractivity contribution is 7.75. The monoisotopic (exact) mass is 192 g/mol. The van der Waals surface area contributed by atoms with E-state index in [2.05, 4.69) is 0 Å². The fourth-order valence-electron chi connectivity index (χ4n) is 0.948. The van der Waals surface area contributed by atoms with Gasteiger partial charge in [-0.05, 0) is 6.42 Å². The third-order valence-corrected chi connectivity index (χ3v) is 3.77. The van der Waals surface area contributed by atoms with E-state index in [4.69, 9.17) is 0 Å². The lowest BCUT2D eigenvalue weighted by molar-refractivity contribution is -0.112. The Kier molecular flexibility index (Phi) is 5.43. The van der Waals surface area contributed by atoms with Gasteiger partial charge in [0.25, 0.3) is 7.37 Å². The SMILES string of the molecule is CCCCCP(=O)(O)C(=O)CC. The van der Waals surface area contributed by atoms with Gasteiger partial charge in [0, 0.05) is 12.6 Å². The van der Waals surface area contributed by atoms with Crippen molar-refractivity contribution < 1.29 is 14.3 Å². The van der Waals surface area contributed by atoms with Crippen LogP contribution in [0.3, 0.4) is 0 Å². The van der Waals surface area contributed by atoms with Crippen LogP contribution in [0.4, 0.5) is 0 Å². The Morgan fingerprint density at radius 2 is 1.92 bits per heavy atom. The Morgan fingerprint density at radius 3 is 2.33 bits per heavy atom. The third kappa shape index (κ3) is 4.03. The van der Waals surface area contributed by atoms with Crippen molar-refractivity contribution in [3.63, 3.8) is 0 Å². The molecule has 4 heteroatoms. The van der Waals surface area contributed by atoms with Gasteiger partial charge in [-0.1, -0.05) is 26.7 Å². The Hall–Kier alpha value is -0.140. The minimum atomic E-state index is -3.45. The van der Waals surface area contributed by atoms with Crippen molar-refractivity contribution in [2.24, 2.45) is 0 Å². The summed E-state index contributed by atoms with van der Waals surface area (Å²) in [6.45, 7) is 3.63. The van der Waals surface area contributed by atoms with E-state index >= 15 is 0 Å². The van der Waals surface area contributed by atoms with E-state index in [-0.39, 0.29) is 12.6 Å². The molecule has 1 unspecified atom stereocenters. The van der Waals surface area contributed by atoms with E-state index in [9.17, 15) is 14.3 Å². The molecule has 0 rings (SSSR count). The molecule has 0 aliphatic heterocycles. The zero-order chi connectivity index (χ0) is 9.61. The molecule has 0 spiro atoms. The molecule has 0 aromatic rings. The largest absolute Gasteiger partial charge is 0.339 e. The summed E-state index contributed by atoms with van der Waals surface area (Å²) in [6, 6.07) is 0. The molecule has 0 saturated heterocycles. The number of hydrogen-bond donors (Lipinski definition) is 1. The summed E-state index contributed by atoms with van der Waals surface area (Å²) in [4.78, 5) is 20.1. The maximum Gasteiger partial charge on any atom is 0.264 e. The van der Waals surface area contributed by atoms with Gasteiger partial charge in [-0.2, -0.15) is 0 Å². The van der Waals surface area contributed by atoms with E-state index in [0.29, 0.717) is 6.42 Å². The maximum absolute atomic E-state index is 11.2. The first kappa shape index (κ1) is 11.9. The number of carbonyl (C=O) groups is 1. The molecule has 0 amide bonds. The maximum atomic E-state index is 11.2. The van der Waals surface area contributed by atoms with Crippen LogP contribution in [-0.4, -0.2) is 16.6 Å². The standard InChI is InChI=1S/C8H17O3P/c1-3-5-6-7-12(10,11)8(9)4-2/h3-7H2,1-2H3,(H,10,11). The summed E-state index contributed by atoms with van der Waals surface area (Å²) >= 11 is 0. The van der Waals surface area contributed by atoms with Crippen molar-refractivity contribution in [2.75, 3.05) is 6.16 Å². The highest BCUT2D eigenvalue weighted by Gasteiger charge is 2.25. The fraction of sp³-hybridized carbons (Fsp3) is 0.875. The van der Waals surface area contributed by atoms with Gasteiger partial charge in [-0.3, -0.25) is 9.36 Å². The minimum absolute atomic E-state index is 0.160. The van der Waals surface area contributed by atoms with Crippen molar-refractivity contribution in [3.05, 3.63) is 0 Å². The molecule has 0 aromatic heterocycles. The average Bonchev–Trinajstić information content (AvgIpc) is 2.03. The van der Waals surface area contributed by atoms with E-state index < -0.39 is 12.9 Å². The van der Waals surface area contributed by atoms with Crippen LogP contribution in [0.25, 0.3) is 0 Å². The summed E-state index contributed by atoms with van der Waals surface area (Å²) in [5.74, 6) is 0. The van der Waals surface area contributed by atoms with Gasteiger partial charge in [-0.25, -0.2) is 0 Å². The molecule has 72 valence electrons. The molecule has 0 aromatic carbocycles. The van der Waals surface area contributed by atoms with Crippen LogP contribution in [0.5, 0.6) is 0 Å². The molecule has 3 nitrogen and oxygen atoms in total. The summed E-state index contributed by atoms with van der Waals surface area (Å²) < 4.78 is 11.2. The van der Waals surface area contributed by atoms with Crippen LogP contribution >= 0.6 is 7.37 Å². The van der Waals surface area contributed by atoms with E-state index in [1.54, 1.807) is 6.92 Å².